The summed E-state index contributed by atoms with van der Waals surface area (Å²) in [6.45, 7) is 2.78. The minimum Gasteiger partial charge on any atom is -0.491 e. The third kappa shape index (κ3) is 7.93. The summed E-state index contributed by atoms with van der Waals surface area (Å²) in [4.78, 5) is 12.0. The molecule has 0 bridgehead atoms. The fraction of sp³-hybridized carbons (Fsp3) is 0.600. The van der Waals surface area contributed by atoms with Crippen molar-refractivity contribution in [1.29, 1.82) is 5.26 Å². The van der Waals surface area contributed by atoms with Crippen LogP contribution in [-0.4, -0.2) is 6.61 Å². The first-order chi connectivity index (χ1) is 14.3. The van der Waals surface area contributed by atoms with Crippen LogP contribution in [0.15, 0.2) is 33.5 Å². The fourth-order valence-corrected chi connectivity index (χ4v) is 3.66. The van der Waals surface area contributed by atoms with Crippen molar-refractivity contribution in [3.8, 4) is 11.8 Å². The highest BCUT2D eigenvalue weighted by molar-refractivity contribution is 5.85. The molecule has 0 aliphatic heterocycles. The van der Waals surface area contributed by atoms with E-state index in [1.165, 1.54) is 70.6 Å². The Hall–Kier alpha value is -2.28. The summed E-state index contributed by atoms with van der Waals surface area (Å²) in [5.74, 6) is 0.360. The molecule has 0 radical (unpaired) electrons. The van der Waals surface area contributed by atoms with Gasteiger partial charge in [0.2, 0.25) is 0 Å². The van der Waals surface area contributed by atoms with Crippen LogP contribution < -0.4 is 10.4 Å². The first kappa shape index (κ1) is 23.0. The molecule has 0 N–H and O–H groups in total. The molecule has 0 unspecified atom stereocenters. The molecule has 0 spiro atoms. The number of hydrogen-bond acceptors (Lipinski definition) is 4. The molecule has 0 fully saturated rings. The average molecular weight is 398 g/mol. The highest BCUT2D eigenvalue weighted by Crippen LogP contribution is 2.27. The largest absolute Gasteiger partial charge is 0.491 e. The maximum Gasteiger partial charge on any atom is 0.358 e. The lowest BCUT2D eigenvalue weighted by atomic mass is 10.0. The molecular formula is C25H35NO3. The minimum atomic E-state index is -0.633. The summed E-state index contributed by atoms with van der Waals surface area (Å²) in [5, 5.41) is 9.96. The summed E-state index contributed by atoms with van der Waals surface area (Å²) in [5.41, 5.74) is -0.221. The van der Waals surface area contributed by atoms with Gasteiger partial charge in [-0.25, -0.2) is 4.79 Å². The van der Waals surface area contributed by atoms with E-state index in [4.69, 9.17) is 9.15 Å². The Morgan fingerprint density at radius 1 is 0.862 bits per heavy atom. The molecule has 1 aromatic carbocycles. The second-order valence-corrected chi connectivity index (χ2v) is 7.79. The number of rotatable bonds is 15. The number of nitrogens with zero attached hydrogens (tertiary/aromatic N) is 1. The maximum absolute atomic E-state index is 12.0. The molecule has 1 heterocycles. The van der Waals surface area contributed by atoms with E-state index >= 15 is 0 Å². The topological polar surface area (TPSA) is 63.2 Å². The molecule has 4 nitrogen and oxygen atoms in total. The van der Waals surface area contributed by atoms with Crippen molar-refractivity contribution in [3.63, 3.8) is 0 Å². The van der Waals surface area contributed by atoms with E-state index < -0.39 is 5.63 Å². The van der Waals surface area contributed by atoms with Gasteiger partial charge in [-0.1, -0.05) is 96.1 Å². The van der Waals surface area contributed by atoms with Crippen molar-refractivity contribution in [2.45, 2.75) is 90.4 Å². The van der Waals surface area contributed by atoms with Gasteiger partial charge >= 0.3 is 5.63 Å². The summed E-state index contributed by atoms with van der Waals surface area (Å²) in [7, 11) is 0. The molecule has 0 saturated carbocycles. The zero-order valence-electron chi connectivity index (χ0n) is 17.9. The highest BCUT2D eigenvalue weighted by Gasteiger charge is 2.15. The Morgan fingerprint density at radius 2 is 1.41 bits per heavy atom. The molecule has 158 valence electrons. The molecular weight excluding hydrogens is 362 g/mol. The Kier molecular flexibility index (Phi) is 11.0. The SMILES string of the molecule is CCCCCCCCCCCCCCCOc1c(C#N)c(=O)oc2ccccc12. The van der Waals surface area contributed by atoms with Crippen LogP contribution in [0.2, 0.25) is 0 Å². The quantitative estimate of drug-likeness (QED) is 0.237. The molecule has 2 rings (SSSR count). The number of nitriles is 1. The second-order valence-electron chi connectivity index (χ2n) is 7.79. The minimum absolute atomic E-state index is 0.0432. The lowest BCUT2D eigenvalue weighted by molar-refractivity contribution is 0.304. The number of para-hydroxylation sites is 1. The molecule has 1 aromatic heterocycles. The zero-order valence-corrected chi connectivity index (χ0v) is 17.9. The number of hydrogen-bond donors (Lipinski definition) is 0. The monoisotopic (exact) mass is 397 g/mol. The van der Waals surface area contributed by atoms with Gasteiger partial charge in [0.15, 0.2) is 11.3 Å². The predicted octanol–water partition coefficient (Wildman–Crippen LogP) is 7.13. The van der Waals surface area contributed by atoms with Gasteiger partial charge in [-0.3, -0.25) is 0 Å². The standard InChI is InChI=1S/C25H35NO3/c1-2-3-4-5-6-7-8-9-10-11-12-13-16-19-28-24-21-17-14-15-18-23(21)29-25(27)22(24)20-26/h14-15,17-18H,2-13,16,19H2,1H3. The normalized spacial score (nSPS) is 10.9. The van der Waals surface area contributed by atoms with Gasteiger partial charge in [-0.2, -0.15) is 5.26 Å². The van der Waals surface area contributed by atoms with Crippen LogP contribution in [0.4, 0.5) is 0 Å². The van der Waals surface area contributed by atoms with Crippen molar-refractivity contribution in [1.82, 2.24) is 0 Å². The molecule has 0 atom stereocenters. The number of benzene rings is 1. The van der Waals surface area contributed by atoms with E-state index in [-0.39, 0.29) is 5.56 Å². The van der Waals surface area contributed by atoms with Gasteiger partial charge in [0.05, 0.1) is 12.0 Å². The lowest BCUT2D eigenvalue weighted by Crippen LogP contribution is -2.09. The van der Waals surface area contributed by atoms with Crippen LogP contribution in [0.25, 0.3) is 11.0 Å². The van der Waals surface area contributed by atoms with Crippen molar-refractivity contribution in [2.24, 2.45) is 0 Å². The van der Waals surface area contributed by atoms with Crippen LogP contribution in [0.1, 0.15) is 96.0 Å². The van der Waals surface area contributed by atoms with Crippen molar-refractivity contribution < 1.29 is 9.15 Å². The summed E-state index contributed by atoms with van der Waals surface area (Å²) >= 11 is 0. The van der Waals surface area contributed by atoms with E-state index in [1.54, 1.807) is 12.1 Å². The molecule has 0 aliphatic rings. The summed E-state index contributed by atoms with van der Waals surface area (Å²) < 4.78 is 11.0. The Labute approximate surface area is 174 Å². The van der Waals surface area contributed by atoms with E-state index in [1.807, 2.05) is 18.2 Å². The maximum atomic E-state index is 12.0. The van der Waals surface area contributed by atoms with E-state index in [9.17, 15) is 10.1 Å². The summed E-state index contributed by atoms with van der Waals surface area (Å²) in [6, 6.07) is 9.11. The van der Waals surface area contributed by atoms with Gasteiger partial charge in [-0.05, 0) is 18.6 Å². The zero-order chi connectivity index (χ0) is 20.7. The van der Waals surface area contributed by atoms with E-state index in [2.05, 4.69) is 6.92 Å². The number of ether oxygens (including phenoxy) is 1. The Bertz CT molecular complexity index is 819. The smallest absolute Gasteiger partial charge is 0.358 e. The first-order valence-electron chi connectivity index (χ1n) is 11.4. The molecule has 2 aromatic rings. The van der Waals surface area contributed by atoms with Crippen molar-refractivity contribution >= 4 is 11.0 Å². The van der Waals surface area contributed by atoms with Gasteiger partial charge in [0.25, 0.3) is 0 Å². The van der Waals surface area contributed by atoms with Crippen LogP contribution in [0, 0.1) is 11.3 Å². The summed E-state index contributed by atoms with van der Waals surface area (Å²) in [6.07, 6.45) is 16.9. The van der Waals surface area contributed by atoms with E-state index in [0.717, 1.165) is 12.8 Å². The van der Waals surface area contributed by atoms with Crippen molar-refractivity contribution in [3.05, 3.63) is 40.2 Å². The first-order valence-corrected chi connectivity index (χ1v) is 11.4. The molecule has 0 amide bonds. The average Bonchev–Trinajstić information content (AvgIpc) is 2.73. The van der Waals surface area contributed by atoms with Gasteiger partial charge in [0.1, 0.15) is 11.7 Å². The third-order valence-electron chi connectivity index (χ3n) is 5.37. The Morgan fingerprint density at radius 3 is 2.00 bits per heavy atom. The Balaban J connectivity index is 1.60. The van der Waals surface area contributed by atoms with Gasteiger partial charge < -0.3 is 9.15 Å². The molecule has 29 heavy (non-hydrogen) atoms. The number of unbranched alkanes of at least 4 members (excludes halogenated alkanes) is 12. The molecule has 0 saturated heterocycles. The molecule has 0 aliphatic carbocycles. The second kappa shape index (κ2) is 13.8. The highest BCUT2D eigenvalue weighted by atomic mass is 16.5. The third-order valence-corrected chi connectivity index (χ3v) is 5.37. The fourth-order valence-electron chi connectivity index (χ4n) is 3.66. The number of fused-ring (bicyclic) bond motifs is 1. The van der Waals surface area contributed by atoms with Gasteiger partial charge in [0, 0.05) is 0 Å². The van der Waals surface area contributed by atoms with Crippen LogP contribution in [0.5, 0.6) is 5.75 Å². The lowest BCUT2D eigenvalue weighted by Gasteiger charge is -2.10. The van der Waals surface area contributed by atoms with Crippen LogP contribution in [0.3, 0.4) is 0 Å². The molecule has 4 heteroatoms. The van der Waals surface area contributed by atoms with E-state index in [0.29, 0.717) is 23.3 Å². The van der Waals surface area contributed by atoms with Crippen molar-refractivity contribution in [2.75, 3.05) is 6.61 Å². The van der Waals surface area contributed by atoms with Crippen LogP contribution >= 0.6 is 0 Å². The van der Waals surface area contributed by atoms with Gasteiger partial charge in [-0.15, -0.1) is 0 Å². The predicted molar refractivity (Wildman–Crippen MR) is 118 cm³/mol. The van der Waals surface area contributed by atoms with Crippen LogP contribution in [-0.2, 0) is 0 Å².